The van der Waals surface area contributed by atoms with Gasteiger partial charge in [-0.05, 0) is 96.7 Å². The topological polar surface area (TPSA) is 235 Å². The molecule has 0 aliphatic carbocycles. The first-order valence-electron chi connectivity index (χ1n) is 37.4. The predicted octanol–water partition coefficient (Wildman–Crippen LogP) is 18.2. The molecule has 0 aliphatic rings. The van der Waals surface area contributed by atoms with E-state index in [0.717, 1.165) is 77.4 Å². The number of aliphatic hydroxyl groups excluding tert-OH is 6. The lowest BCUT2D eigenvalue weighted by Crippen LogP contribution is -2.47. The predicted molar refractivity (Wildman–Crippen MR) is 372 cm³/mol. The van der Waals surface area contributed by atoms with Gasteiger partial charge in [-0.25, -0.2) is 4.57 Å². The largest absolute Gasteiger partial charge is 0.466 e. The van der Waals surface area contributed by atoms with Crippen LogP contribution in [0.15, 0.2) is 0 Å². The maximum Gasteiger partial charge on any atom is 0.466 e. The minimum atomic E-state index is -4.64. The third-order valence-electron chi connectivity index (χ3n) is 17.9. The molecule has 0 aromatic rings. The second kappa shape index (κ2) is 73.8. The third kappa shape index (κ3) is 71.2. The van der Waals surface area contributed by atoms with Crippen LogP contribution in [0.2, 0.25) is 0 Å². The van der Waals surface area contributed by atoms with Crippen molar-refractivity contribution >= 4 is 7.82 Å². The van der Waals surface area contributed by atoms with Crippen molar-refractivity contribution in [1.29, 1.82) is 0 Å². The first kappa shape index (κ1) is 92.2. The van der Waals surface area contributed by atoms with Crippen LogP contribution in [0.3, 0.4) is 0 Å². The zero-order valence-electron chi connectivity index (χ0n) is 58.4. The molecule has 0 fully saturated rings. The third-order valence-corrected chi connectivity index (χ3v) is 17.9. The molecular weight excluding hydrogens is 1100 g/mol. The summed E-state index contributed by atoms with van der Waals surface area (Å²) in [7, 11) is -4.64. The molecular formula is C72H156N3O10P. The highest BCUT2D eigenvalue weighted by Gasteiger charge is 2.30. The first-order valence-corrected chi connectivity index (χ1v) is 39.0. The summed E-state index contributed by atoms with van der Waals surface area (Å²) in [5.41, 5.74) is -0.182. The number of hydrogen-bond donors (Lipinski definition) is 12. The molecule has 0 heterocycles. The van der Waals surface area contributed by atoms with Crippen LogP contribution < -0.4 is 16.0 Å². The lowest BCUT2D eigenvalue weighted by Gasteiger charge is -2.35. The minimum absolute atomic E-state index is 0.0605. The van der Waals surface area contributed by atoms with E-state index in [9.17, 15) is 30.6 Å². The summed E-state index contributed by atoms with van der Waals surface area (Å²) in [4.78, 5) is 21.6. The summed E-state index contributed by atoms with van der Waals surface area (Å²) >= 11 is 0. The van der Waals surface area contributed by atoms with Crippen molar-refractivity contribution in [3.8, 4) is 0 Å². The Balaban J connectivity index is -0.000000562. The van der Waals surface area contributed by atoms with Crippen LogP contribution in [0.5, 0.6) is 0 Å². The summed E-state index contributed by atoms with van der Waals surface area (Å²) in [6.45, 7) is 17.9. The molecule has 12 N–H and O–H groups in total. The zero-order chi connectivity index (χ0) is 64.7. The fourth-order valence-corrected chi connectivity index (χ4v) is 12.3. The summed E-state index contributed by atoms with van der Waals surface area (Å²) < 4.78 is 8.88. The van der Waals surface area contributed by atoms with E-state index < -0.39 is 7.82 Å². The second-order valence-corrected chi connectivity index (χ2v) is 27.0. The van der Waals surface area contributed by atoms with Gasteiger partial charge in [-0.3, -0.25) is 0 Å². The van der Waals surface area contributed by atoms with Crippen LogP contribution in [0.4, 0.5) is 0 Å². The van der Waals surface area contributed by atoms with Crippen molar-refractivity contribution in [2.75, 3.05) is 59.3 Å². The van der Waals surface area contributed by atoms with E-state index in [0.29, 0.717) is 0 Å². The van der Waals surface area contributed by atoms with E-state index >= 15 is 0 Å². The monoisotopic (exact) mass is 1250 g/mol. The maximum absolute atomic E-state index is 9.52. The Morgan fingerprint density at radius 3 is 0.488 bits per heavy atom. The van der Waals surface area contributed by atoms with Gasteiger partial charge >= 0.3 is 7.82 Å². The summed E-state index contributed by atoms with van der Waals surface area (Å²) in [6, 6.07) is 0. The van der Waals surface area contributed by atoms with Crippen LogP contribution in [0.1, 0.15) is 388 Å². The molecule has 0 amide bonds. The van der Waals surface area contributed by atoms with Crippen molar-refractivity contribution in [3.05, 3.63) is 0 Å². The lowest BCUT2D eigenvalue weighted by atomic mass is 9.85. The summed E-state index contributed by atoms with van der Waals surface area (Å²) in [5.74, 6) is 0. The van der Waals surface area contributed by atoms with E-state index in [1.54, 1.807) is 0 Å². The van der Waals surface area contributed by atoms with Crippen molar-refractivity contribution in [2.24, 2.45) is 0 Å². The van der Waals surface area contributed by atoms with Gasteiger partial charge in [0.25, 0.3) is 0 Å². The van der Waals surface area contributed by atoms with Gasteiger partial charge in [0.1, 0.15) is 0 Å². The van der Waals surface area contributed by atoms with Crippen LogP contribution in [-0.2, 0) is 4.57 Å². The molecule has 0 saturated heterocycles. The molecule has 0 aliphatic heterocycles. The van der Waals surface area contributed by atoms with Crippen molar-refractivity contribution in [2.45, 2.75) is 405 Å². The molecule has 0 atom stereocenters. The fraction of sp³-hybridized carbons (Fsp3) is 1.00. The van der Waals surface area contributed by atoms with E-state index in [1.165, 1.54) is 289 Å². The molecule has 14 heteroatoms. The normalized spacial score (nSPS) is 12.0. The number of phosphoric acid groups is 1. The van der Waals surface area contributed by atoms with Crippen molar-refractivity contribution in [3.63, 3.8) is 0 Å². The molecule has 0 bridgehead atoms. The number of aliphatic hydroxyl groups is 6. The van der Waals surface area contributed by atoms with Gasteiger partial charge in [-0.2, -0.15) is 0 Å². The van der Waals surface area contributed by atoms with Gasteiger partial charge in [-0.15, -0.1) is 0 Å². The number of hydrogen-bond acceptors (Lipinski definition) is 10. The van der Waals surface area contributed by atoms with Gasteiger partial charge in [0.2, 0.25) is 0 Å². The Bertz CT molecular complexity index is 1130. The van der Waals surface area contributed by atoms with Gasteiger partial charge < -0.3 is 61.3 Å². The second-order valence-electron chi connectivity index (χ2n) is 26.0. The van der Waals surface area contributed by atoms with Crippen LogP contribution in [-0.4, -0.2) is 121 Å². The molecule has 0 aromatic heterocycles. The molecule has 0 saturated carbocycles. The van der Waals surface area contributed by atoms with Crippen LogP contribution >= 0.6 is 7.82 Å². The standard InChI is InChI=1S/3C24H51NO2.H3O4P/c3*1-3-5-7-9-10-11-12-13-15-17-21-25-24(19-22-26,20-23-27)18-16-14-8-6-4-2;1-5(2,3)4/h3*25-27H,3-23H2,1-2H3;(H3,1,2,3,4). The SMILES string of the molecule is CCCCCCCCCCCCNC(CCO)(CCO)CCCCCCC.CCCCCCCCCCCCNC(CCO)(CCO)CCCCCCC.CCCCCCCCCCCCNC(CCO)(CCO)CCCCCCC.O=P(O)(O)O. The molecule has 0 aromatic carbocycles. The Labute approximate surface area is 535 Å². The van der Waals surface area contributed by atoms with E-state index in [4.69, 9.17) is 19.2 Å². The zero-order valence-corrected chi connectivity index (χ0v) is 59.3. The average Bonchev–Trinajstić information content (AvgIpc) is 3.64. The van der Waals surface area contributed by atoms with Crippen LogP contribution in [0, 0.1) is 0 Å². The Hall–Kier alpha value is -0.250. The fourth-order valence-electron chi connectivity index (χ4n) is 12.3. The molecule has 13 nitrogen and oxygen atoms in total. The van der Waals surface area contributed by atoms with Gasteiger partial charge in [0, 0.05) is 56.3 Å². The summed E-state index contributed by atoms with van der Waals surface area (Å²) in [6.07, 6.45) is 67.7. The average molecular weight is 1260 g/mol. The summed E-state index contributed by atoms with van der Waals surface area (Å²) in [5, 5.41) is 68.3. The Morgan fingerprint density at radius 1 is 0.221 bits per heavy atom. The quantitative estimate of drug-likeness (QED) is 0.0201. The maximum atomic E-state index is 9.52. The van der Waals surface area contributed by atoms with Gasteiger partial charge in [0.05, 0.1) is 0 Å². The highest BCUT2D eigenvalue weighted by Crippen LogP contribution is 2.28. The van der Waals surface area contributed by atoms with E-state index in [-0.39, 0.29) is 56.3 Å². The van der Waals surface area contributed by atoms with Crippen molar-refractivity contribution in [1.82, 2.24) is 16.0 Å². The molecule has 524 valence electrons. The number of nitrogens with one attached hydrogen (secondary N) is 3. The smallest absolute Gasteiger partial charge is 0.396 e. The van der Waals surface area contributed by atoms with Gasteiger partial charge in [0.15, 0.2) is 0 Å². The van der Waals surface area contributed by atoms with Gasteiger partial charge in [-0.1, -0.05) is 311 Å². The highest BCUT2D eigenvalue weighted by atomic mass is 31.2. The molecule has 0 spiro atoms. The van der Waals surface area contributed by atoms with E-state index in [2.05, 4.69) is 57.5 Å². The molecule has 0 radical (unpaired) electrons. The van der Waals surface area contributed by atoms with E-state index in [1.807, 2.05) is 0 Å². The molecule has 0 unspecified atom stereocenters. The number of unbranched alkanes of at least 4 members (excludes halogenated alkanes) is 39. The highest BCUT2D eigenvalue weighted by molar-refractivity contribution is 7.45. The lowest BCUT2D eigenvalue weighted by molar-refractivity contribution is 0.151. The molecule has 0 rings (SSSR count). The Morgan fingerprint density at radius 2 is 0.349 bits per heavy atom. The van der Waals surface area contributed by atoms with Crippen LogP contribution in [0.25, 0.3) is 0 Å². The molecule has 86 heavy (non-hydrogen) atoms. The van der Waals surface area contributed by atoms with Crippen molar-refractivity contribution < 1.29 is 49.9 Å². The Kier molecular flexibility index (Phi) is 79.1. The minimum Gasteiger partial charge on any atom is -0.396 e. The first-order chi connectivity index (χ1) is 41.7. The number of rotatable bonds is 66.